The monoisotopic (exact) mass is 463 g/mol. The summed E-state index contributed by atoms with van der Waals surface area (Å²) in [6.07, 6.45) is 0.654. The van der Waals surface area contributed by atoms with Gasteiger partial charge in [0.05, 0.1) is 5.75 Å². The molecule has 3 amide bonds. The molecule has 1 N–H and O–H groups in total. The first-order chi connectivity index (χ1) is 14.8. The standard InChI is InChI=1S/C22H23ClFN3O3S/c1-15(28)16-6-7-20(19(24)12-16)31-14-21(29)26-8-3-9-27(11-10-26)22(30)25-18-5-2-4-17(23)13-18/h2,4-7,12-13H,3,8-11,14H2,1H3,(H,25,30). The maximum Gasteiger partial charge on any atom is 0.321 e. The highest BCUT2D eigenvalue weighted by Gasteiger charge is 2.22. The van der Waals surface area contributed by atoms with E-state index in [0.717, 1.165) is 11.8 Å². The van der Waals surface area contributed by atoms with Crippen LogP contribution in [0.2, 0.25) is 5.02 Å². The lowest BCUT2D eigenvalue weighted by Crippen LogP contribution is -2.39. The van der Waals surface area contributed by atoms with Gasteiger partial charge in [-0.25, -0.2) is 9.18 Å². The average Bonchev–Trinajstić information content (AvgIpc) is 2.99. The van der Waals surface area contributed by atoms with Gasteiger partial charge in [-0.15, -0.1) is 11.8 Å². The van der Waals surface area contributed by atoms with Crippen LogP contribution in [0.1, 0.15) is 23.7 Å². The molecule has 1 aliphatic heterocycles. The Morgan fingerprint density at radius 2 is 1.81 bits per heavy atom. The van der Waals surface area contributed by atoms with E-state index in [1.807, 2.05) is 0 Å². The van der Waals surface area contributed by atoms with E-state index >= 15 is 0 Å². The third-order valence-corrected chi connectivity index (χ3v) is 6.17. The topological polar surface area (TPSA) is 69.7 Å². The lowest BCUT2D eigenvalue weighted by molar-refractivity contribution is -0.128. The first-order valence-corrected chi connectivity index (χ1v) is 11.2. The second kappa shape index (κ2) is 10.6. The number of benzene rings is 2. The number of Topliss-reactive ketones (excluding diaryl/α,β-unsaturated/α-hetero) is 1. The van der Waals surface area contributed by atoms with Gasteiger partial charge in [0.25, 0.3) is 0 Å². The molecule has 31 heavy (non-hydrogen) atoms. The Morgan fingerprint density at radius 1 is 1.06 bits per heavy atom. The quantitative estimate of drug-likeness (QED) is 0.522. The van der Waals surface area contributed by atoms with Gasteiger partial charge in [-0.3, -0.25) is 9.59 Å². The summed E-state index contributed by atoms with van der Waals surface area (Å²) in [5, 5.41) is 3.36. The lowest BCUT2D eigenvalue weighted by Gasteiger charge is -2.22. The van der Waals surface area contributed by atoms with E-state index in [0.29, 0.717) is 53.8 Å². The number of anilines is 1. The maximum atomic E-state index is 14.2. The van der Waals surface area contributed by atoms with Crippen LogP contribution in [0.3, 0.4) is 0 Å². The van der Waals surface area contributed by atoms with Crippen molar-refractivity contribution in [2.75, 3.05) is 37.2 Å². The van der Waals surface area contributed by atoms with Crippen LogP contribution in [0, 0.1) is 5.82 Å². The second-order valence-electron chi connectivity index (χ2n) is 7.15. The van der Waals surface area contributed by atoms with Crippen molar-refractivity contribution in [1.82, 2.24) is 9.80 Å². The number of carbonyl (C=O) groups excluding carboxylic acids is 3. The molecule has 0 atom stereocenters. The molecule has 1 heterocycles. The van der Waals surface area contributed by atoms with Crippen LogP contribution in [0.4, 0.5) is 14.9 Å². The zero-order chi connectivity index (χ0) is 22.4. The smallest absolute Gasteiger partial charge is 0.321 e. The molecular formula is C22H23ClFN3O3S. The van der Waals surface area contributed by atoms with Crippen LogP contribution in [-0.2, 0) is 4.79 Å². The fourth-order valence-electron chi connectivity index (χ4n) is 3.21. The van der Waals surface area contributed by atoms with Gasteiger partial charge in [0.1, 0.15) is 5.82 Å². The van der Waals surface area contributed by atoms with Gasteiger partial charge in [0, 0.05) is 47.3 Å². The summed E-state index contributed by atoms with van der Waals surface area (Å²) >= 11 is 7.05. The number of thioether (sulfide) groups is 1. The van der Waals surface area contributed by atoms with Crippen molar-refractivity contribution in [2.45, 2.75) is 18.2 Å². The van der Waals surface area contributed by atoms with E-state index in [1.54, 1.807) is 40.1 Å². The van der Waals surface area contributed by atoms with Gasteiger partial charge in [-0.2, -0.15) is 0 Å². The van der Waals surface area contributed by atoms with E-state index < -0.39 is 5.82 Å². The van der Waals surface area contributed by atoms with Gasteiger partial charge < -0.3 is 15.1 Å². The molecule has 0 aliphatic carbocycles. The summed E-state index contributed by atoms with van der Waals surface area (Å²) in [6.45, 7) is 3.26. The van der Waals surface area contributed by atoms with Crippen LogP contribution >= 0.6 is 23.4 Å². The molecule has 6 nitrogen and oxygen atoms in total. The van der Waals surface area contributed by atoms with Crippen molar-refractivity contribution < 1.29 is 18.8 Å². The molecule has 3 rings (SSSR count). The molecule has 2 aromatic carbocycles. The molecule has 0 aromatic heterocycles. The van der Waals surface area contributed by atoms with Crippen molar-refractivity contribution in [2.24, 2.45) is 0 Å². The van der Waals surface area contributed by atoms with Crippen molar-refractivity contribution >= 4 is 46.8 Å². The molecule has 9 heteroatoms. The highest BCUT2D eigenvalue weighted by Crippen LogP contribution is 2.23. The molecule has 1 fully saturated rings. The predicted molar refractivity (Wildman–Crippen MR) is 120 cm³/mol. The fourth-order valence-corrected chi connectivity index (χ4v) is 4.22. The molecule has 0 spiro atoms. The van der Waals surface area contributed by atoms with E-state index in [2.05, 4.69) is 5.32 Å². The summed E-state index contributed by atoms with van der Waals surface area (Å²) in [5.41, 5.74) is 0.917. The molecule has 0 radical (unpaired) electrons. The third kappa shape index (κ3) is 6.45. The van der Waals surface area contributed by atoms with Gasteiger partial charge in [0.15, 0.2) is 5.78 Å². The highest BCUT2D eigenvalue weighted by molar-refractivity contribution is 8.00. The number of urea groups is 1. The van der Waals surface area contributed by atoms with Crippen molar-refractivity contribution in [3.63, 3.8) is 0 Å². The average molecular weight is 464 g/mol. The Labute approximate surface area is 189 Å². The Balaban J connectivity index is 1.51. The molecule has 0 unspecified atom stereocenters. The number of nitrogens with one attached hydrogen (secondary N) is 1. The van der Waals surface area contributed by atoms with Crippen LogP contribution in [0.15, 0.2) is 47.4 Å². The number of amides is 3. The van der Waals surface area contributed by atoms with Gasteiger partial charge in [-0.1, -0.05) is 23.7 Å². The number of ketones is 1. The minimum absolute atomic E-state index is 0.0883. The van der Waals surface area contributed by atoms with Crippen molar-refractivity contribution in [1.29, 1.82) is 0 Å². The molecule has 1 aliphatic rings. The first-order valence-electron chi connectivity index (χ1n) is 9.86. The number of carbonyl (C=O) groups is 3. The zero-order valence-corrected chi connectivity index (χ0v) is 18.6. The number of rotatable bonds is 5. The SMILES string of the molecule is CC(=O)c1ccc(SCC(=O)N2CCCN(C(=O)Nc3cccc(Cl)c3)CC2)c(F)c1. The predicted octanol–water partition coefficient (Wildman–Crippen LogP) is 4.54. The molecule has 0 bridgehead atoms. The van der Waals surface area contributed by atoms with Gasteiger partial charge in [-0.05, 0) is 43.7 Å². The molecule has 164 valence electrons. The summed E-state index contributed by atoms with van der Waals surface area (Å²) in [7, 11) is 0. The Kier molecular flexibility index (Phi) is 7.92. The third-order valence-electron chi connectivity index (χ3n) is 4.90. The van der Waals surface area contributed by atoms with Crippen LogP contribution < -0.4 is 5.32 Å². The van der Waals surface area contributed by atoms with E-state index in [1.165, 1.54) is 19.1 Å². The second-order valence-corrected chi connectivity index (χ2v) is 8.61. The van der Waals surface area contributed by atoms with E-state index in [9.17, 15) is 18.8 Å². The van der Waals surface area contributed by atoms with E-state index in [4.69, 9.17) is 11.6 Å². The Bertz CT molecular complexity index is 988. The van der Waals surface area contributed by atoms with Crippen LogP contribution in [0.5, 0.6) is 0 Å². The van der Waals surface area contributed by atoms with Crippen LogP contribution in [0.25, 0.3) is 0 Å². The molecular weight excluding hydrogens is 441 g/mol. The Morgan fingerprint density at radius 3 is 2.52 bits per heavy atom. The molecule has 2 aromatic rings. The normalized spacial score (nSPS) is 14.2. The van der Waals surface area contributed by atoms with E-state index in [-0.39, 0.29) is 23.5 Å². The lowest BCUT2D eigenvalue weighted by atomic mass is 10.1. The first kappa shape index (κ1) is 23.1. The van der Waals surface area contributed by atoms with Crippen molar-refractivity contribution in [3.05, 3.63) is 58.9 Å². The molecule has 1 saturated heterocycles. The number of hydrogen-bond donors (Lipinski definition) is 1. The maximum absolute atomic E-state index is 14.2. The number of hydrogen-bond acceptors (Lipinski definition) is 4. The zero-order valence-electron chi connectivity index (χ0n) is 17.1. The largest absolute Gasteiger partial charge is 0.340 e. The Hall–Kier alpha value is -2.58. The van der Waals surface area contributed by atoms with Gasteiger partial charge in [0.2, 0.25) is 5.91 Å². The minimum Gasteiger partial charge on any atom is -0.340 e. The van der Waals surface area contributed by atoms with Gasteiger partial charge >= 0.3 is 6.03 Å². The minimum atomic E-state index is -0.509. The highest BCUT2D eigenvalue weighted by atomic mass is 35.5. The fraction of sp³-hybridized carbons (Fsp3) is 0.318. The number of nitrogens with zero attached hydrogens (tertiary/aromatic N) is 2. The molecule has 0 saturated carbocycles. The number of halogens is 2. The summed E-state index contributed by atoms with van der Waals surface area (Å²) < 4.78 is 14.2. The van der Waals surface area contributed by atoms with Crippen LogP contribution in [-0.4, -0.2) is 59.5 Å². The van der Waals surface area contributed by atoms with Crippen molar-refractivity contribution in [3.8, 4) is 0 Å². The summed E-state index contributed by atoms with van der Waals surface area (Å²) in [5.74, 6) is -0.743. The summed E-state index contributed by atoms with van der Waals surface area (Å²) in [6, 6.07) is 11.0. The summed E-state index contributed by atoms with van der Waals surface area (Å²) in [4.78, 5) is 40.2.